The lowest BCUT2D eigenvalue weighted by molar-refractivity contribution is -0.132. The first-order valence-electron chi connectivity index (χ1n) is 8.70. The minimum atomic E-state index is -0.530. The van der Waals surface area contributed by atoms with E-state index >= 15 is 0 Å². The predicted molar refractivity (Wildman–Crippen MR) is 103 cm³/mol. The van der Waals surface area contributed by atoms with Crippen LogP contribution in [0.2, 0.25) is 0 Å². The summed E-state index contributed by atoms with van der Waals surface area (Å²) < 4.78 is 11.6. The van der Waals surface area contributed by atoms with Gasteiger partial charge in [-0.05, 0) is 42.8 Å². The number of likely N-dealkylation sites (tertiary alicyclic amines) is 1. The van der Waals surface area contributed by atoms with Gasteiger partial charge in [0.05, 0.1) is 18.7 Å². The van der Waals surface area contributed by atoms with Gasteiger partial charge in [-0.3, -0.25) is 25.2 Å². The Bertz CT molecular complexity index is 868. The lowest BCUT2D eigenvalue weighted by atomic mass is 10.1. The molecule has 1 fully saturated rings. The van der Waals surface area contributed by atoms with E-state index in [0.717, 1.165) is 10.0 Å². The van der Waals surface area contributed by atoms with Gasteiger partial charge in [0.1, 0.15) is 11.5 Å². The van der Waals surface area contributed by atoms with Crippen molar-refractivity contribution in [1.82, 2.24) is 15.8 Å². The van der Waals surface area contributed by atoms with Crippen molar-refractivity contribution in [3.8, 4) is 5.75 Å². The van der Waals surface area contributed by atoms with Crippen LogP contribution in [0.4, 0.5) is 0 Å². The zero-order valence-corrected chi connectivity index (χ0v) is 16.8. The molecule has 1 aromatic carbocycles. The molecule has 2 aromatic rings. The smallest absolute Gasteiger partial charge is 0.276 e. The molecule has 1 aliphatic heterocycles. The van der Waals surface area contributed by atoms with E-state index in [9.17, 15) is 14.4 Å². The third-order valence-corrected chi connectivity index (χ3v) is 4.83. The summed E-state index contributed by atoms with van der Waals surface area (Å²) in [5, 5.41) is 0. The molecule has 1 atom stereocenters. The molecule has 148 valence electrons. The SMILES string of the molecule is Cc1cc(Br)ccc1OCC(=O)NNC(=O)C1CC(=O)N(Cc2ccco2)C1. The van der Waals surface area contributed by atoms with E-state index in [2.05, 4.69) is 26.8 Å². The molecule has 8 nitrogen and oxygen atoms in total. The minimum Gasteiger partial charge on any atom is -0.483 e. The van der Waals surface area contributed by atoms with Gasteiger partial charge in [-0.1, -0.05) is 15.9 Å². The van der Waals surface area contributed by atoms with Gasteiger partial charge in [0.2, 0.25) is 11.8 Å². The molecule has 0 radical (unpaired) electrons. The number of nitrogens with one attached hydrogen (secondary N) is 2. The standard InChI is InChI=1S/C19H20BrN3O5/c1-12-7-14(20)4-5-16(12)28-11-17(24)21-22-19(26)13-8-18(25)23(9-13)10-15-3-2-6-27-15/h2-7,13H,8-11H2,1H3,(H,21,24)(H,22,26). The van der Waals surface area contributed by atoms with E-state index in [0.29, 0.717) is 18.1 Å². The van der Waals surface area contributed by atoms with Crippen LogP contribution < -0.4 is 15.6 Å². The summed E-state index contributed by atoms with van der Waals surface area (Å²) in [5.41, 5.74) is 5.55. The highest BCUT2D eigenvalue weighted by molar-refractivity contribution is 9.10. The number of carbonyl (C=O) groups excluding carboxylic acids is 3. The van der Waals surface area contributed by atoms with Crippen molar-refractivity contribution in [2.75, 3.05) is 13.2 Å². The maximum atomic E-state index is 12.2. The Kier molecular flexibility index (Phi) is 6.35. The van der Waals surface area contributed by atoms with E-state index in [4.69, 9.17) is 9.15 Å². The fraction of sp³-hybridized carbons (Fsp3) is 0.316. The number of aryl methyl sites for hydroxylation is 1. The summed E-state index contributed by atoms with van der Waals surface area (Å²) >= 11 is 3.36. The molecule has 0 bridgehead atoms. The van der Waals surface area contributed by atoms with Crippen molar-refractivity contribution in [2.24, 2.45) is 5.92 Å². The highest BCUT2D eigenvalue weighted by Crippen LogP contribution is 2.22. The quantitative estimate of drug-likeness (QED) is 0.656. The maximum absolute atomic E-state index is 12.2. The van der Waals surface area contributed by atoms with Crippen LogP contribution in [0.25, 0.3) is 0 Å². The van der Waals surface area contributed by atoms with E-state index in [-0.39, 0.29) is 25.5 Å². The molecule has 1 aromatic heterocycles. The molecule has 0 spiro atoms. The number of halogens is 1. The van der Waals surface area contributed by atoms with Gasteiger partial charge in [0.25, 0.3) is 5.91 Å². The first-order chi connectivity index (χ1) is 13.4. The van der Waals surface area contributed by atoms with Crippen molar-refractivity contribution in [2.45, 2.75) is 19.9 Å². The number of nitrogens with zero attached hydrogens (tertiary/aromatic N) is 1. The molecule has 1 aliphatic rings. The normalized spacial score (nSPS) is 16.1. The number of hydrazine groups is 1. The largest absolute Gasteiger partial charge is 0.483 e. The molecule has 2 N–H and O–H groups in total. The van der Waals surface area contributed by atoms with Crippen LogP contribution in [0.5, 0.6) is 5.75 Å². The topological polar surface area (TPSA) is 101 Å². The van der Waals surface area contributed by atoms with Crippen LogP contribution in [0.1, 0.15) is 17.7 Å². The number of hydrogen-bond donors (Lipinski definition) is 2. The van der Waals surface area contributed by atoms with E-state index < -0.39 is 17.7 Å². The second-order valence-electron chi connectivity index (χ2n) is 6.49. The summed E-state index contributed by atoms with van der Waals surface area (Å²) in [6.45, 7) is 2.22. The highest BCUT2D eigenvalue weighted by atomic mass is 79.9. The molecule has 1 saturated heterocycles. The Balaban J connectivity index is 1.42. The van der Waals surface area contributed by atoms with E-state index in [1.165, 1.54) is 6.26 Å². The summed E-state index contributed by atoms with van der Waals surface area (Å²) in [4.78, 5) is 37.8. The Morgan fingerprint density at radius 1 is 1.32 bits per heavy atom. The number of rotatable bonds is 6. The highest BCUT2D eigenvalue weighted by Gasteiger charge is 2.34. The first-order valence-corrected chi connectivity index (χ1v) is 9.49. The van der Waals surface area contributed by atoms with Crippen LogP contribution in [0.15, 0.2) is 45.5 Å². The van der Waals surface area contributed by atoms with Crippen LogP contribution in [0.3, 0.4) is 0 Å². The zero-order valence-electron chi connectivity index (χ0n) is 15.2. The average molecular weight is 450 g/mol. The third-order valence-electron chi connectivity index (χ3n) is 4.33. The summed E-state index contributed by atoms with van der Waals surface area (Å²) in [5.74, 6) is -0.326. The molecule has 9 heteroatoms. The number of benzene rings is 1. The summed E-state index contributed by atoms with van der Waals surface area (Å²) in [6, 6.07) is 8.96. The number of furan rings is 1. The summed E-state index contributed by atoms with van der Waals surface area (Å²) in [7, 11) is 0. The number of carbonyl (C=O) groups is 3. The lowest BCUT2D eigenvalue weighted by Gasteiger charge is -2.15. The van der Waals surface area contributed by atoms with E-state index in [1.807, 2.05) is 19.1 Å². The number of amides is 3. The number of ether oxygens (including phenoxy) is 1. The summed E-state index contributed by atoms with van der Waals surface area (Å²) in [6.07, 6.45) is 1.63. The fourth-order valence-corrected chi connectivity index (χ4v) is 3.35. The van der Waals surface area contributed by atoms with Gasteiger partial charge >= 0.3 is 0 Å². The maximum Gasteiger partial charge on any atom is 0.276 e. The van der Waals surface area contributed by atoms with Gasteiger partial charge in [0, 0.05) is 17.4 Å². The lowest BCUT2D eigenvalue weighted by Crippen LogP contribution is -2.46. The van der Waals surface area contributed by atoms with Crippen molar-refractivity contribution in [3.63, 3.8) is 0 Å². The van der Waals surface area contributed by atoms with Gasteiger partial charge in [-0.2, -0.15) is 0 Å². The average Bonchev–Trinajstić information content (AvgIpc) is 3.29. The third kappa shape index (κ3) is 5.13. The van der Waals surface area contributed by atoms with Gasteiger partial charge in [-0.25, -0.2) is 0 Å². The molecule has 0 saturated carbocycles. The Morgan fingerprint density at radius 3 is 2.86 bits per heavy atom. The monoisotopic (exact) mass is 449 g/mol. The molecule has 3 amide bonds. The molecule has 0 aliphatic carbocycles. The minimum absolute atomic E-state index is 0.0942. The van der Waals surface area contributed by atoms with Crippen molar-refractivity contribution < 1.29 is 23.5 Å². The molecule has 2 heterocycles. The van der Waals surface area contributed by atoms with E-state index in [1.54, 1.807) is 23.1 Å². The second kappa shape index (κ2) is 8.92. The van der Waals surface area contributed by atoms with Crippen LogP contribution >= 0.6 is 15.9 Å². The van der Waals surface area contributed by atoms with Crippen molar-refractivity contribution in [3.05, 3.63) is 52.4 Å². The predicted octanol–water partition coefficient (Wildman–Crippen LogP) is 1.93. The molecule has 28 heavy (non-hydrogen) atoms. The molecule has 3 rings (SSSR count). The van der Waals surface area contributed by atoms with Crippen molar-refractivity contribution >= 4 is 33.7 Å². The van der Waals surface area contributed by atoms with Crippen LogP contribution in [0, 0.1) is 12.8 Å². The molecular weight excluding hydrogens is 430 g/mol. The van der Waals surface area contributed by atoms with Crippen LogP contribution in [-0.4, -0.2) is 35.8 Å². The Hall–Kier alpha value is -2.81. The fourth-order valence-electron chi connectivity index (χ4n) is 2.88. The zero-order chi connectivity index (χ0) is 20.1. The van der Waals surface area contributed by atoms with Crippen LogP contribution in [-0.2, 0) is 20.9 Å². The van der Waals surface area contributed by atoms with Gasteiger partial charge in [-0.15, -0.1) is 0 Å². The second-order valence-corrected chi connectivity index (χ2v) is 7.41. The van der Waals surface area contributed by atoms with Gasteiger partial charge < -0.3 is 14.1 Å². The number of hydrogen-bond acceptors (Lipinski definition) is 5. The Morgan fingerprint density at radius 2 is 2.14 bits per heavy atom. The Labute approximate surface area is 170 Å². The molecular formula is C19H20BrN3O5. The van der Waals surface area contributed by atoms with Gasteiger partial charge in [0.15, 0.2) is 6.61 Å². The molecule has 1 unspecified atom stereocenters. The van der Waals surface area contributed by atoms with Crippen molar-refractivity contribution in [1.29, 1.82) is 0 Å². The first kappa shape index (κ1) is 19.9.